The average Bonchev–Trinajstić information content (AvgIpc) is 2.62. The van der Waals surface area contributed by atoms with E-state index in [4.69, 9.17) is 11.6 Å². The van der Waals surface area contributed by atoms with Crippen molar-refractivity contribution < 1.29 is 27.9 Å². The zero-order valence-corrected chi connectivity index (χ0v) is 18.4. The Balaban J connectivity index is 1.62. The number of pyridine rings is 2. The van der Waals surface area contributed by atoms with E-state index in [1.54, 1.807) is 17.9 Å². The van der Waals surface area contributed by atoms with Gasteiger partial charge in [-0.2, -0.15) is 13.2 Å². The predicted molar refractivity (Wildman–Crippen MR) is 112 cm³/mol. The van der Waals surface area contributed by atoms with Gasteiger partial charge >= 0.3 is 6.18 Å². The summed E-state index contributed by atoms with van der Waals surface area (Å²) in [7, 11) is 0. The summed E-state index contributed by atoms with van der Waals surface area (Å²) in [6.07, 6.45) is -3.91. The van der Waals surface area contributed by atoms with Crippen molar-refractivity contribution in [2.24, 2.45) is 0 Å². The van der Waals surface area contributed by atoms with Crippen molar-refractivity contribution in [3.05, 3.63) is 51.9 Å². The number of aliphatic hydroxyl groups is 1. The second kappa shape index (κ2) is 8.67. The number of nitrogens with zero attached hydrogens (tertiary/aromatic N) is 3. The van der Waals surface area contributed by atoms with E-state index in [9.17, 15) is 27.9 Å². The molecule has 1 fully saturated rings. The van der Waals surface area contributed by atoms with Crippen molar-refractivity contribution in [1.29, 1.82) is 0 Å². The maximum Gasteiger partial charge on any atom is 0.417 e. The summed E-state index contributed by atoms with van der Waals surface area (Å²) in [5, 5.41) is 12.5. The number of carbonyl (C=O) groups excluding carboxylic acids is 2. The number of Topliss-reactive ketones (excluding diaryl/α,β-unsaturated/α-hetero) is 1. The summed E-state index contributed by atoms with van der Waals surface area (Å²) in [5.74, 6) is -0.571. The molecule has 0 spiro atoms. The molecule has 0 saturated carbocycles. The van der Waals surface area contributed by atoms with Crippen LogP contribution in [0, 0.1) is 6.92 Å². The summed E-state index contributed by atoms with van der Waals surface area (Å²) in [5.41, 5.74) is -1.19. The van der Waals surface area contributed by atoms with E-state index in [1.165, 1.54) is 19.9 Å². The number of halogens is 4. The third-order valence-corrected chi connectivity index (χ3v) is 5.24. The van der Waals surface area contributed by atoms with Gasteiger partial charge in [0, 0.05) is 36.2 Å². The summed E-state index contributed by atoms with van der Waals surface area (Å²) in [6, 6.07) is 3.65. The Kier molecular flexibility index (Phi) is 6.48. The van der Waals surface area contributed by atoms with Crippen molar-refractivity contribution in [2.75, 3.05) is 18.0 Å². The first kappa shape index (κ1) is 23.9. The molecule has 7 nitrogen and oxygen atoms in total. The van der Waals surface area contributed by atoms with Gasteiger partial charge in [0.1, 0.15) is 11.4 Å². The van der Waals surface area contributed by atoms with Crippen LogP contribution >= 0.6 is 11.6 Å². The fraction of sp³-hybridized carbons (Fsp3) is 0.429. The molecule has 0 radical (unpaired) electrons. The number of rotatable bonds is 6. The van der Waals surface area contributed by atoms with Crippen LogP contribution in [0.25, 0.3) is 0 Å². The molecule has 3 rings (SSSR count). The Morgan fingerprint density at radius 1 is 1.25 bits per heavy atom. The number of hydrogen-bond donors (Lipinski definition) is 2. The molecule has 0 aliphatic carbocycles. The molecule has 1 saturated heterocycles. The molecular formula is C21H22ClF3N4O3. The second-order valence-corrected chi connectivity index (χ2v) is 8.66. The van der Waals surface area contributed by atoms with Gasteiger partial charge in [-0.05, 0) is 39.0 Å². The van der Waals surface area contributed by atoms with Crippen LogP contribution in [0.15, 0.2) is 24.4 Å². The van der Waals surface area contributed by atoms with E-state index in [2.05, 4.69) is 15.3 Å². The van der Waals surface area contributed by atoms with E-state index < -0.39 is 23.1 Å². The average molecular weight is 471 g/mol. The Hall–Kier alpha value is -2.72. The maximum absolute atomic E-state index is 12.8. The van der Waals surface area contributed by atoms with Crippen molar-refractivity contribution in [3.63, 3.8) is 0 Å². The number of anilines is 1. The summed E-state index contributed by atoms with van der Waals surface area (Å²) < 4.78 is 38.3. The van der Waals surface area contributed by atoms with E-state index in [0.29, 0.717) is 30.0 Å². The van der Waals surface area contributed by atoms with Gasteiger partial charge in [0.25, 0.3) is 5.91 Å². The van der Waals surface area contributed by atoms with Crippen molar-refractivity contribution in [3.8, 4) is 0 Å². The lowest BCUT2D eigenvalue weighted by molar-refractivity contribution is -0.137. The highest BCUT2D eigenvalue weighted by Crippen LogP contribution is 2.34. The molecular weight excluding hydrogens is 449 g/mol. The van der Waals surface area contributed by atoms with Gasteiger partial charge < -0.3 is 15.3 Å². The number of aryl methyl sites for hydroxylation is 1. The van der Waals surface area contributed by atoms with E-state index in [1.807, 2.05) is 0 Å². The van der Waals surface area contributed by atoms with Crippen LogP contribution in [0.2, 0.25) is 5.02 Å². The second-order valence-electron chi connectivity index (χ2n) is 8.25. The smallest absolute Gasteiger partial charge is 0.383 e. The quantitative estimate of drug-likeness (QED) is 0.674. The van der Waals surface area contributed by atoms with Gasteiger partial charge in [0.05, 0.1) is 23.0 Å². The van der Waals surface area contributed by atoms with Gasteiger partial charge in [-0.25, -0.2) is 4.98 Å². The lowest BCUT2D eigenvalue weighted by Gasteiger charge is -2.40. The molecule has 172 valence electrons. The number of ketones is 1. The summed E-state index contributed by atoms with van der Waals surface area (Å²) in [6.45, 7) is 5.13. The largest absolute Gasteiger partial charge is 0.417 e. The van der Waals surface area contributed by atoms with Gasteiger partial charge in [-0.1, -0.05) is 11.6 Å². The summed E-state index contributed by atoms with van der Waals surface area (Å²) >= 11 is 5.96. The minimum absolute atomic E-state index is 0.110. The van der Waals surface area contributed by atoms with Crippen molar-refractivity contribution in [1.82, 2.24) is 15.3 Å². The Morgan fingerprint density at radius 3 is 2.47 bits per heavy atom. The zero-order valence-electron chi connectivity index (χ0n) is 17.6. The van der Waals surface area contributed by atoms with E-state index in [0.717, 1.165) is 12.3 Å². The fourth-order valence-electron chi connectivity index (χ4n) is 3.17. The molecule has 1 amide bonds. The monoisotopic (exact) mass is 470 g/mol. The zero-order chi connectivity index (χ0) is 23.8. The Labute approximate surface area is 187 Å². The number of nitrogens with one attached hydrogen (secondary N) is 1. The van der Waals surface area contributed by atoms with Crippen LogP contribution in [0.4, 0.5) is 19.0 Å². The molecule has 11 heteroatoms. The molecule has 2 N–H and O–H groups in total. The van der Waals surface area contributed by atoms with Gasteiger partial charge in [0.2, 0.25) is 0 Å². The van der Waals surface area contributed by atoms with Crippen LogP contribution in [0.1, 0.15) is 41.2 Å². The maximum atomic E-state index is 12.8. The Bertz CT molecular complexity index is 1050. The molecule has 0 aromatic carbocycles. The molecule has 32 heavy (non-hydrogen) atoms. The number of aromatic nitrogens is 2. The van der Waals surface area contributed by atoms with E-state index >= 15 is 0 Å². The normalized spacial score (nSPS) is 14.8. The Morgan fingerprint density at radius 2 is 1.91 bits per heavy atom. The van der Waals surface area contributed by atoms with Crippen LogP contribution in [0.5, 0.6) is 0 Å². The van der Waals surface area contributed by atoms with Crippen LogP contribution in [-0.4, -0.2) is 51.5 Å². The topological polar surface area (TPSA) is 95.4 Å². The predicted octanol–water partition coefficient (Wildman–Crippen LogP) is 2.96. The third kappa shape index (κ3) is 5.55. The lowest BCUT2D eigenvalue weighted by atomic mass is 9.98. The van der Waals surface area contributed by atoms with E-state index in [-0.39, 0.29) is 29.2 Å². The van der Waals surface area contributed by atoms with Crippen LogP contribution in [-0.2, 0) is 17.4 Å². The molecule has 0 bridgehead atoms. The highest BCUT2D eigenvalue weighted by molar-refractivity contribution is 6.33. The first-order chi connectivity index (χ1) is 14.7. The fourth-order valence-corrected chi connectivity index (χ4v) is 3.46. The third-order valence-electron chi connectivity index (χ3n) is 4.96. The number of carbonyl (C=O) groups is 2. The van der Waals surface area contributed by atoms with Crippen LogP contribution in [0.3, 0.4) is 0 Å². The van der Waals surface area contributed by atoms with Gasteiger partial charge in [-0.3, -0.25) is 14.6 Å². The SMILES string of the molecule is Cc1cc(C(=O)NC2CN(c3ncc(C(F)(F)F)cc3Cl)C2)cc(CC(=O)C(C)(C)O)n1. The first-order valence-electron chi connectivity index (χ1n) is 9.76. The van der Waals surface area contributed by atoms with Gasteiger partial charge in [0.15, 0.2) is 5.78 Å². The molecule has 0 atom stereocenters. The lowest BCUT2D eigenvalue weighted by Crippen LogP contribution is -2.59. The number of amides is 1. The van der Waals surface area contributed by atoms with Crippen LogP contribution < -0.4 is 10.2 Å². The molecule has 0 unspecified atom stereocenters. The van der Waals surface area contributed by atoms with Crippen molar-refractivity contribution in [2.45, 2.75) is 45.0 Å². The standard InChI is InChI=1S/C21H22ClF3N4O3/c1-11-4-12(5-14(27-11)7-17(30)20(2,3)32)19(31)28-15-9-29(10-15)18-16(22)6-13(8-26-18)21(23,24)25/h4-6,8,15,32H,7,9-10H2,1-3H3,(H,28,31). The first-order valence-corrected chi connectivity index (χ1v) is 10.1. The van der Waals surface area contributed by atoms with Gasteiger partial charge in [-0.15, -0.1) is 0 Å². The molecule has 2 aromatic heterocycles. The highest BCUT2D eigenvalue weighted by atomic mass is 35.5. The number of hydrogen-bond acceptors (Lipinski definition) is 6. The summed E-state index contributed by atoms with van der Waals surface area (Å²) in [4.78, 5) is 34.4. The minimum atomic E-state index is -4.53. The minimum Gasteiger partial charge on any atom is -0.383 e. The molecule has 3 heterocycles. The molecule has 1 aliphatic rings. The number of alkyl halides is 3. The molecule has 2 aromatic rings. The van der Waals surface area contributed by atoms with Crippen molar-refractivity contribution >= 4 is 29.1 Å². The highest BCUT2D eigenvalue weighted by Gasteiger charge is 2.34. The molecule has 1 aliphatic heterocycles.